The molecule has 0 rings (SSSR count). The number of carbonyl (C=O) groups is 3. The Morgan fingerprint density at radius 3 is 1.76 bits per heavy atom. The van der Waals surface area contributed by atoms with Gasteiger partial charge in [0.1, 0.15) is 0 Å². The lowest BCUT2D eigenvalue weighted by Gasteiger charge is -2.13. The minimum atomic E-state index is -1.03. The second-order valence-corrected chi connectivity index (χ2v) is 3.19. The van der Waals surface area contributed by atoms with Crippen LogP contribution in [0.15, 0.2) is 0 Å². The molecule has 0 radical (unpaired) electrons. The maximum atomic E-state index is 11.5. The van der Waals surface area contributed by atoms with Crippen molar-refractivity contribution in [2.24, 2.45) is 5.92 Å². The molecule has 0 atom stereocenters. The SMILES string of the molecule is CCOC(=O)C(CCOC(C)=O)C(=O)OCC. The molecule has 0 saturated carbocycles. The zero-order valence-electron chi connectivity index (χ0n) is 10.4. The van der Waals surface area contributed by atoms with Crippen LogP contribution in [0.2, 0.25) is 0 Å². The molecule has 6 nitrogen and oxygen atoms in total. The lowest BCUT2D eigenvalue weighted by Crippen LogP contribution is -2.29. The Morgan fingerprint density at radius 2 is 1.41 bits per heavy atom. The molecule has 0 aliphatic heterocycles. The van der Waals surface area contributed by atoms with Gasteiger partial charge < -0.3 is 14.2 Å². The molecule has 0 aliphatic rings. The van der Waals surface area contributed by atoms with E-state index in [4.69, 9.17) is 9.47 Å². The largest absolute Gasteiger partial charge is 0.466 e. The zero-order valence-corrected chi connectivity index (χ0v) is 10.4. The predicted octanol–water partition coefficient (Wildman–Crippen LogP) is 0.682. The molecule has 0 heterocycles. The highest BCUT2D eigenvalue weighted by molar-refractivity contribution is 5.94. The molecule has 98 valence electrons. The highest BCUT2D eigenvalue weighted by atomic mass is 16.6. The summed E-state index contributed by atoms with van der Waals surface area (Å²) < 4.78 is 14.2. The Balaban J connectivity index is 4.34. The van der Waals surface area contributed by atoms with Crippen molar-refractivity contribution in [1.82, 2.24) is 0 Å². The molecular weight excluding hydrogens is 228 g/mol. The van der Waals surface area contributed by atoms with Crippen LogP contribution in [-0.4, -0.2) is 37.7 Å². The third-order valence-electron chi connectivity index (χ3n) is 1.85. The van der Waals surface area contributed by atoms with E-state index in [-0.39, 0.29) is 26.2 Å². The smallest absolute Gasteiger partial charge is 0.320 e. The molecule has 0 spiro atoms. The van der Waals surface area contributed by atoms with Gasteiger partial charge in [-0.2, -0.15) is 0 Å². The fraction of sp³-hybridized carbons (Fsp3) is 0.727. The average Bonchev–Trinajstić information content (AvgIpc) is 2.24. The van der Waals surface area contributed by atoms with Gasteiger partial charge in [-0.25, -0.2) is 0 Å². The van der Waals surface area contributed by atoms with Gasteiger partial charge in [0.2, 0.25) is 0 Å². The summed E-state index contributed by atoms with van der Waals surface area (Å²) >= 11 is 0. The molecule has 6 heteroatoms. The molecule has 0 N–H and O–H groups in total. The Morgan fingerprint density at radius 1 is 0.941 bits per heavy atom. The minimum absolute atomic E-state index is 0.0162. The van der Waals surface area contributed by atoms with E-state index in [9.17, 15) is 14.4 Å². The van der Waals surface area contributed by atoms with E-state index in [0.717, 1.165) is 0 Å². The molecule has 0 unspecified atom stereocenters. The van der Waals surface area contributed by atoms with Crippen molar-refractivity contribution >= 4 is 17.9 Å². The lowest BCUT2D eigenvalue weighted by molar-refractivity contribution is -0.163. The van der Waals surface area contributed by atoms with Gasteiger partial charge in [0.25, 0.3) is 0 Å². The fourth-order valence-electron chi connectivity index (χ4n) is 1.14. The van der Waals surface area contributed by atoms with E-state index in [0.29, 0.717) is 0 Å². The van der Waals surface area contributed by atoms with E-state index in [2.05, 4.69) is 4.74 Å². The summed E-state index contributed by atoms with van der Waals surface area (Å²) in [5.74, 6) is -2.80. The molecule has 17 heavy (non-hydrogen) atoms. The van der Waals surface area contributed by atoms with Crippen LogP contribution in [0, 0.1) is 5.92 Å². The van der Waals surface area contributed by atoms with Crippen LogP contribution < -0.4 is 0 Å². The molecule has 0 bridgehead atoms. The summed E-state index contributed by atoms with van der Waals surface area (Å²) in [5, 5.41) is 0. The number of hydrogen-bond donors (Lipinski definition) is 0. The number of carbonyl (C=O) groups excluding carboxylic acids is 3. The monoisotopic (exact) mass is 246 g/mol. The normalized spacial score (nSPS) is 9.88. The predicted molar refractivity (Wildman–Crippen MR) is 58.0 cm³/mol. The van der Waals surface area contributed by atoms with Crippen molar-refractivity contribution in [3.63, 3.8) is 0 Å². The third-order valence-corrected chi connectivity index (χ3v) is 1.85. The van der Waals surface area contributed by atoms with Crippen molar-refractivity contribution in [3.8, 4) is 0 Å². The van der Waals surface area contributed by atoms with E-state index in [1.165, 1.54) is 6.92 Å². The molecular formula is C11H18O6. The van der Waals surface area contributed by atoms with Crippen LogP contribution in [0.3, 0.4) is 0 Å². The Hall–Kier alpha value is -1.59. The van der Waals surface area contributed by atoms with Crippen LogP contribution in [0.4, 0.5) is 0 Å². The maximum absolute atomic E-state index is 11.5. The van der Waals surface area contributed by atoms with Crippen molar-refractivity contribution in [3.05, 3.63) is 0 Å². The first-order valence-corrected chi connectivity index (χ1v) is 5.49. The Bertz CT molecular complexity index is 255. The molecule has 0 aromatic rings. The zero-order chi connectivity index (χ0) is 13.3. The number of hydrogen-bond acceptors (Lipinski definition) is 6. The number of rotatable bonds is 7. The van der Waals surface area contributed by atoms with Crippen LogP contribution >= 0.6 is 0 Å². The lowest BCUT2D eigenvalue weighted by atomic mass is 10.1. The average molecular weight is 246 g/mol. The Kier molecular flexibility index (Phi) is 7.75. The van der Waals surface area contributed by atoms with Crippen LogP contribution in [0.1, 0.15) is 27.2 Å². The summed E-state index contributed by atoms with van der Waals surface area (Å²) in [4.78, 5) is 33.5. The minimum Gasteiger partial charge on any atom is -0.466 e. The topological polar surface area (TPSA) is 78.9 Å². The van der Waals surface area contributed by atoms with E-state index >= 15 is 0 Å². The number of ether oxygens (including phenoxy) is 3. The van der Waals surface area contributed by atoms with Crippen LogP contribution in [-0.2, 0) is 28.6 Å². The molecule has 0 aromatic heterocycles. The quantitative estimate of drug-likeness (QED) is 0.373. The van der Waals surface area contributed by atoms with E-state index in [1.54, 1.807) is 13.8 Å². The van der Waals surface area contributed by atoms with Gasteiger partial charge in [0.15, 0.2) is 5.92 Å². The summed E-state index contributed by atoms with van der Waals surface area (Å²) in [6, 6.07) is 0. The molecule has 0 amide bonds. The second kappa shape index (κ2) is 8.55. The van der Waals surface area contributed by atoms with Gasteiger partial charge in [-0.15, -0.1) is 0 Å². The van der Waals surface area contributed by atoms with Crippen LogP contribution in [0.25, 0.3) is 0 Å². The summed E-state index contributed by atoms with van der Waals surface area (Å²) in [7, 11) is 0. The molecule has 0 fully saturated rings. The van der Waals surface area contributed by atoms with Gasteiger partial charge in [-0.3, -0.25) is 14.4 Å². The standard InChI is InChI=1S/C11H18O6/c1-4-15-10(13)9(11(14)16-5-2)6-7-17-8(3)12/h9H,4-7H2,1-3H3. The van der Waals surface area contributed by atoms with Gasteiger partial charge >= 0.3 is 17.9 Å². The molecule has 0 aromatic carbocycles. The Labute approximate surface area is 100 Å². The van der Waals surface area contributed by atoms with E-state index < -0.39 is 23.8 Å². The first-order chi connectivity index (χ1) is 8.02. The first-order valence-electron chi connectivity index (χ1n) is 5.49. The fourth-order valence-corrected chi connectivity index (χ4v) is 1.14. The van der Waals surface area contributed by atoms with Crippen molar-refractivity contribution < 1.29 is 28.6 Å². The second-order valence-electron chi connectivity index (χ2n) is 3.19. The highest BCUT2D eigenvalue weighted by Crippen LogP contribution is 2.09. The van der Waals surface area contributed by atoms with Gasteiger partial charge in [0, 0.05) is 13.3 Å². The summed E-state index contributed by atoms with van der Waals surface area (Å²) in [6.45, 7) is 4.89. The van der Waals surface area contributed by atoms with Gasteiger partial charge in [-0.1, -0.05) is 0 Å². The van der Waals surface area contributed by atoms with Crippen molar-refractivity contribution in [2.75, 3.05) is 19.8 Å². The van der Waals surface area contributed by atoms with Gasteiger partial charge in [0.05, 0.1) is 19.8 Å². The van der Waals surface area contributed by atoms with Crippen LogP contribution in [0.5, 0.6) is 0 Å². The van der Waals surface area contributed by atoms with Gasteiger partial charge in [-0.05, 0) is 13.8 Å². The molecule has 0 aliphatic carbocycles. The van der Waals surface area contributed by atoms with E-state index in [1.807, 2.05) is 0 Å². The maximum Gasteiger partial charge on any atom is 0.320 e. The molecule has 0 saturated heterocycles. The summed E-state index contributed by atoms with van der Waals surface area (Å²) in [6.07, 6.45) is 0.0667. The van der Waals surface area contributed by atoms with Crippen molar-refractivity contribution in [2.45, 2.75) is 27.2 Å². The number of esters is 3. The first kappa shape index (κ1) is 15.4. The highest BCUT2D eigenvalue weighted by Gasteiger charge is 2.29. The summed E-state index contributed by atoms with van der Waals surface area (Å²) in [5.41, 5.74) is 0. The van der Waals surface area contributed by atoms with Crippen molar-refractivity contribution in [1.29, 1.82) is 0 Å². The third kappa shape index (κ3) is 6.55.